The minimum atomic E-state index is 0.953. The van der Waals surface area contributed by atoms with E-state index in [-0.39, 0.29) is 0 Å². The van der Waals surface area contributed by atoms with Crippen molar-refractivity contribution in [2.75, 3.05) is 25.0 Å². The Morgan fingerprint density at radius 2 is 2.05 bits per heavy atom. The monoisotopic (exact) mass is 320 g/mol. The molecule has 19 heavy (non-hydrogen) atoms. The fraction of sp³-hybridized carbons (Fsp3) is 0.357. The lowest BCUT2D eigenvalue weighted by Crippen LogP contribution is -2.36. The van der Waals surface area contributed by atoms with Gasteiger partial charge < -0.3 is 9.88 Å². The van der Waals surface area contributed by atoms with Gasteiger partial charge in [0.25, 0.3) is 0 Å². The Balaban J connectivity index is 1.47. The Morgan fingerprint density at radius 3 is 2.89 bits per heavy atom. The van der Waals surface area contributed by atoms with E-state index in [1.807, 2.05) is 6.20 Å². The first-order valence-corrected chi connectivity index (χ1v) is 7.32. The van der Waals surface area contributed by atoms with Gasteiger partial charge in [-0.15, -0.1) is 0 Å². The maximum absolute atomic E-state index is 4.38. The smallest absolute Gasteiger partial charge is 0.122 e. The zero-order valence-electron chi connectivity index (χ0n) is 10.7. The molecular weight excluding hydrogens is 304 g/mol. The average Bonchev–Trinajstić information content (AvgIpc) is 2.88. The molecule has 0 saturated heterocycles. The van der Waals surface area contributed by atoms with Crippen molar-refractivity contribution in [2.24, 2.45) is 0 Å². The fourth-order valence-corrected chi connectivity index (χ4v) is 2.60. The van der Waals surface area contributed by atoms with Crippen molar-refractivity contribution in [3.8, 4) is 0 Å². The van der Waals surface area contributed by atoms with Gasteiger partial charge in [0.2, 0.25) is 0 Å². The lowest BCUT2D eigenvalue weighted by atomic mass is 10.3. The molecule has 0 bridgehead atoms. The van der Waals surface area contributed by atoms with Gasteiger partial charge >= 0.3 is 0 Å². The molecule has 1 aliphatic heterocycles. The molecule has 1 aliphatic rings. The maximum atomic E-state index is 4.38. The highest BCUT2D eigenvalue weighted by Gasteiger charge is 2.15. The van der Waals surface area contributed by atoms with E-state index in [4.69, 9.17) is 0 Å². The summed E-state index contributed by atoms with van der Waals surface area (Å²) in [5, 5.41) is 3.45. The van der Waals surface area contributed by atoms with Crippen LogP contribution in [0.2, 0.25) is 0 Å². The Kier molecular flexibility index (Phi) is 3.84. The molecule has 100 valence electrons. The predicted molar refractivity (Wildman–Crippen MR) is 80.1 cm³/mol. The summed E-state index contributed by atoms with van der Waals surface area (Å²) in [6.07, 6.45) is 3.95. The molecule has 5 heteroatoms. The SMILES string of the molecule is Brc1ccc(NCCN2CCn3ccnc3C2)cc1. The van der Waals surface area contributed by atoms with Crippen molar-refractivity contribution in [2.45, 2.75) is 13.1 Å². The van der Waals surface area contributed by atoms with E-state index in [1.165, 1.54) is 11.5 Å². The van der Waals surface area contributed by atoms with Crippen molar-refractivity contribution in [1.29, 1.82) is 0 Å². The average molecular weight is 321 g/mol. The summed E-state index contributed by atoms with van der Waals surface area (Å²) in [5.41, 5.74) is 1.17. The van der Waals surface area contributed by atoms with Gasteiger partial charge in [-0.1, -0.05) is 15.9 Å². The normalized spacial score (nSPS) is 15.2. The van der Waals surface area contributed by atoms with Gasteiger partial charge in [0, 0.05) is 48.7 Å². The first kappa shape index (κ1) is 12.7. The van der Waals surface area contributed by atoms with E-state index in [0.717, 1.165) is 37.2 Å². The maximum Gasteiger partial charge on any atom is 0.122 e. The Bertz CT molecular complexity index is 535. The van der Waals surface area contributed by atoms with Gasteiger partial charge in [0.15, 0.2) is 0 Å². The molecule has 0 saturated carbocycles. The molecule has 0 atom stereocenters. The number of fused-ring (bicyclic) bond motifs is 1. The van der Waals surface area contributed by atoms with Gasteiger partial charge in [0.1, 0.15) is 5.82 Å². The van der Waals surface area contributed by atoms with E-state index < -0.39 is 0 Å². The Labute approximate surface area is 121 Å². The molecule has 2 heterocycles. The minimum Gasteiger partial charge on any atom is -0.384 e. The third-order valence-electron chi connectivity index (χ3n) is 3.43. The summed E-state index contributed by atoms with van der Waals surface area (Å²) < 4.78 is 3.35. The van der Waals surface area contributed by atoms with E-state index >= 15 is 0 Å². The number of halogens is 1. The predicted octanol–water partition coefficient (Wildman–Crippen LogP) is 2.57. The van der Waals surface area contributed by atoms with E-state index in [2.05, 4.69) is 66.2 Å². The summed E-state index contributed by atoms with van der Waals surface area (Å²) in [5.74, 6) is 1.18. The van der Waals surface area contributed by atoms with Crippen LogP contribution in [0.5, 0.6) is 0 Å². The van der Waals surface area contributed by atoms with Crippen LogP contribution in [-0.2, 0) is 13.1 Å². The van der Waals surface area contributed by atoms with Gasteiger partial charge in [-0.05, 0) is 24.3 Å². The molecule has 0 unspecified atom stereocenters. The Hall–Kier alpha value is -1.33. The van der Waals surface area contributed by atoms with Crippen LogP contribution in [0.4, 0.5) is 5.69 Å². The molecule has 1 aromatic carbocycles. The summed E-state index contributed by atoms with van der Waals surface area (Å²) in [6.45, 7) is 5.11. The van der Waals surface area contributed by atoms with E-state index in [9.17, 15) is 0 Å². The van der Waals surface area contributed by atoms with E-state index in [1.54, 1.807) is 0 Å². The van der Waals surface area contributed by atoms with Gasteiger partial charge in [0.05, 0.1) is 6.54 Å². The van der Waals surface area contributed by atoms with E-state index in [0.29, 0.717) is 0 Å². The van der Waals surface area contributed by atoms with Crippen LogP contribution in [0.1, 0.15) is 5.82 Å². The minimum absolute atomic E-state index is 0.953. The second kappa shape index (κ2) is 5.75. The molecule has 1 aromatic heterocycles. The molecule has 1 N–H and O–H groups in total. The van der Waals surface area contributed by atoms with Crippen LogP contribution in [0, 0.1) is 0 Å². The number of nitrogens with one attached hydrogen (secondary N) is 1. The highest BCUT2D eigenvalue weighted by Crippen LogP contribution is 2.14. The van der Waals surface area contributed by atoms with Crippen LogP contribution in [0.3, 0.4) is 0 Å². The van der Waals surface area contributed by atoms with Gasteiger partial charge in [-0.3, -0.25) is 4.90 Å². The number of hydrogen-bond acceptors (Lipinski definition) is 3. The zero-order valence-corrected chi connectivity index (χ0v) is 12.3. The third kappa shape index (κ3) is 3.16. The number of benzene rings is 1. The molecular formula is C14H17BrN4. The second-order valence-corrected chi connectivity index (χ2v) is 5.66. The van der Waals surface area contributed by atoms with Crippen LogP contribution in [0.25, 0.3) is 0 Å². The van der Waals surface area contributed by atoms with Gasteiger partial charge in [-0.2, -0.15) is 0 Å². The molecule has 3 rings (SSSR count). The van der Waals surface area contributed by atoms with Crippen molar-refractivity contribution in [3.63, 3.8) is 0 Å². The summed E-state index contributed by atoms with van der Waals surface area (Å²) in [7, 11) is 0. The molecule has 0 spiro atoms. The lowest BCUT2D eigenvalue weighted by Gasteiger charge is -2.27. The summed E-state index contributed by atoms with van der Waals surface area (Å²) in [4.78, 5) is 6.82. The second-order valence-electron chi connectivity index (χ2n) is 4.75. The quantitative estimate of drug-likeness (QED) is 0.940. The molecule has 0 amide bonds. The summed E-state index contributed by atoms with van der Waals surface area (Å²) >= 11 is 3.44. The number of hydrogen-bond donors (Lipinski definition) is 1. The van der Waals surface area contributed by atoms with Crippen LogP contribution < -0.4 is 5.32 Å². The van der Waals surface area contributed by atoms with Crippen LogP contribution in [-0.4, -0.2) is 34.1 Å². The first-order valence-electron chi connectivity index (χ1n) is 6.53. The molecule has 0 radical (unpaired) electrons. The molecule has 0 fully saturated rings. The van der Waals surface area contributed by atoms with Crippen LogP contribution in [0.15, 0.2) is 41.1 Å². The molecule has 0 aliphatic carbocycles. The largest absolute Gasteiger partial charge is 0.384 e. The number of nitrogens with zero attached hydrogens (tertiary/aromatic N) is 3. The summed E-state index contributed by atoms with van der Waals surface area (Å²) in [6, 6.07) is 8.29. The molecule has 2 aromatic rings. The van der Waals surface area contributed by atoms with Crippen molar-refractivity contribution in [1.82, 2.24) is 14.5 Å². The zero-order chi connectivity index (χ0) is 13.1. The topological polar surface area (TPSA) is 33.1 Å². The Morgan fingerprint density at radius 1 is 1.21 bits per heavy atom. The molecule has 4 nitrogen and oxygen atoms in total. The number of rotatable bonds is 4. The highest BCUT2D eigenvalue weighted by molar-refractivity contribution is 9.10. The van der Waals surface area contributed by atoms with Crippen molar-refractivity contribution >= 4 is 21.6 Å². The van der Waals surface area contributed by atoms with Crippen molar-refractivity contribution in [3.05, 3.63) is 47.0 Å². The number of imidazole rings is 1. The van der Waals surface area contributed by atoms with Crippen molar-refractivity contribution < 1.29 is 0 Å². The number of aromatic nitrogens is 2. The lowest BCUT2D eigenvalue weighted by molar-refractivity contribution is 0.225. The fourth-order valence-electron chi connectivity index (χ4n) is 2.34. The highest BCUT2D eigenvalue weighted by atomic mass is 79.9. The first-order chi connectivity index (χ1) is 9.31. The van der Waals surface area contributed by atoms with Gasteiger partial charge in [-0.25, -0.2) is 4.98 Å². The third-order valence-corrected chi connectivity index (χ3v) is 3.95. The number of anilines is 1. The standard InChI is InChI=1S/C14H17BrN4/c15-12-1-3-13(4-2-12)16-5-7-18-9-10-19-8-6-17-14(19)11-18/h1-4,6,8,16H,5,7,9-11H2. The van der Waals surface area contributed by atoms with Crippen LogP contribution >= 0.6 is 15.9 Å².